The first-order chi connectivity index (χ1) is 7.88. The summed E-state index contributed by atoms with van der Waals surface area (Å²) >= 11 is 0. The van der Waals surface area contributed by atoms with Gasteiger partial charge in [0, 0.05) is 12.6 Å². The molecule has 2 unspecified atom stereocenters. The van der Waals surface area contributed by atoms with Gasteiger partial charge >= 0.3 is 6.18 Å². The summed E-state index contributed by atoms with van der Waals surface area (Å²) in [5.74, 6) is -1.28. The minimum atomic E-state index is -4.70. The van der Waals surface area contributed by atoms with Crippen molar-refractivity contribution in [2.24, 2.45) is 0 Å². The van der Waals surface area contributed by atoms with Crippen molar-refractivity contribution >= 4 is 0 Å². The second kappa shape index (κ2) is 4.27. The number of hydrogen-bond donors (Lipinski definition) is 2. The third-order valence-corrected chi connectivity index (χ3v) is 2.81. The van der Waals surface area contributed by atoms with Crippen molar-refractivity contribution in [3.63, 3.8) is 0 Å². The molecule has 1 aliphatic rings. The highest BCUT2D eigenvalue weighted by molar-refractivity contribution is 5.30. The first kappa shape index (κ1) is 12.3. The largest absolute Gasteiger partial charge is 0.419 e. The van der Waals surface area contributed by atoms with E-state index < -0.39 is 23.7 Å². The van der Waals surface area contributed by atoms with Crippen molar-refractivity contribution in [2.75, 3.05) is 6.54 Å². The van der Waals surface area contributed by atoms with Gasteiger partial charge in [-0.3, -0.25) is 0 Å². The summed E-state index contributed by atoms with van der Waals surface area (Å²) in [6.45, 7) is 0.337. The van der Waals surface area contributed by atoms with Crippen LogP contribution in [0.15, 0.2) is 18.2 Å². The van der Waals surface area contributed by atoms with E-state index in [0.717, 1.165) is 12.1 Å². The molecule has 0 saturated carbocycles. The van der Waals surface area contributed by atoms with Crippen LogP contribution in [-0.4, -0.2) is 17.8 Å². The van der Waals surface area contributed by atoms with Crippen molar-refractivity contribution in [3.8, 4) is 0 Å². The Morgan fingerprint density at radius 3 is 2.53 bits per heavy atom. The van der Waals surface area contributed by atoms with Crippen molar-refractivity contribution < 1.29 is 22.7 Å². The maximum atomic E-state index is 13.0. The molecule has 1 fully saturated rings. The first-order valence-electron chi connectivity index (χ1n) is 5.16. The molecule has 1 saturated heterocycles. The molecule has 1 heterocycles. The molecule has 1 aromatic carbocycles. The summed E-state index contributed by atoms with van der Waals surface area (Å²) < 4.78 is 50.5. The molecule has 17 heavy (non-hydrogen) atoms. The van der Waals surface area contributed by atoms with Gasteiger partial charge in [-0.15, -0.1) is 0 Å². The van der Waals surface area contributed by atoms with E-state index >= 15 is 0 Å². The number of alkyl halides is 3. The Morgan fingerprint density at radius 2 is 2.00 bits per heavy atom. The van der Waals surface area contributed by atoms with Crippen LogP contribution < -0.4 is 5.32 Å². The predicted octanol–water partition coefficient (Wildman–Crippen LogP) is 2.24. The van der Waals surface area contributed by atoms with Gasteiger partial charge in [0.05, 0.1) is 11.7 Å². The molecule has 94 valence electrons. The molecule has 2 nitrogen and oxygen atoms in total. The molecule has 0 radical (unpaired) electrons. The maximum Gasteiger partial charge on any atom is 0.419 e. The monoisotopic (exact) mass is 249 g/mol. The smallest absolute Gasteiger partial charge is 0.392 e. The highest BCUT2D eigenvalue weighted by Gasteiger charge is 2.35. The summed E-state index contributed by atoms with van der Waals surface area (Å²) in [6, 6.07) is 2.56. The number of halogens is 4. The quantitative estimate of drug-likeness (QED) is 0.748. The molecule has 2 N–H and O–H groups in total. The zero-order valence-electron chi connectivity index (χ0n) is 8.76. The molecular weight excluding hydrogens is 238 g/mol. The zero-order valence-corrected chi connectivity index (χ0v) is 8.76. The van der Waals surface area contributed by atoms with Gasteiger partial charge in [-0.25, -0.2) is 4.39 Å². The van der Waals surface area contributed by atoms with Gasteiger partial charge in [0.25, 0.3) is 0 Å². The van der Waals surface area contributed by atoms with E-state index in [2.05, 4.69) is 5.32 Å². The molecule has 2 atom stereocenters. The Balaban J connectivity index is 2.31. The Bertz CT molecular complexity index is 418. The zero-order chi connectivity index (χ0) is 12.6. The number of aliphatic hydroxyl groups is 1. The van der Waals surface area contributed by atoms with Crippen molar-refractivity contribution in [3.05, 3.63) is 35.1 Å². The first-order valence-corrected chi connectivity index (χ1v) is 5.16. The van der Waals surface area contributed by atoms with Crippen LogP contribution in [0, 0.1) is 5.82 Å². The fourth-order valence-corrected chi connectivity index (χ4v) is 1.95. The molecule has 0 bridgehead atoms. The fraction of sp³-hybridized carbons (Fsp3) is 0.455. The van der Waals surface area contributed by atoms with Gasteiger partial charge < -0.3 is 10.4 Å². The number of hydrogen-bond acceptors (Lipinski definition) is 2. The van der Waals surface area contributed by atoms with Gasteiger partial charge in [0.1, 0.15) is 5.82 Å². The third-order valence-electron chi connectivity index (χ3n) is 2.81. The molecule has 0 aliphatic carbocycles. The number of β-amino-alcohol motifs (C(OH)–C–C–N with tert-alkyl or cyclic N) is 1. The number of nitrogens with one attached hydrogen (secondary N) is 1. The van der Waals surface area contributed by atoms with Crippen LogP contribution in [0.1, 0.15) is 23.6 Å². The summed E-state index contributed by atoms with van der Waals surface area (Å²) in [5, 5.41) is 12.2. The van der Waals surface area contributed by atoms with Gasteiger partial charge in [0.15, 0.2) is 0 Å². The topological polar surface area (TPSA) is 32.3 Å². The Hall–Kier alpha value is -1.14. The van der Waals surface area contributed by atoms with Gasteiger partial charge in [-0.1, -0.05) is 6.07 Å². The number of aliphatic hydroxyl groups excluding tert-OH is 1. The standard InChI is InChI=1S/C11H11F4NO/c12-9-2-1-6(3-8(9)11(13,14)15)10-4-7(17)5-16-10/h1-3,7,10,16-17H,4-5H2. The molecular formula is C11H11F4NO. The Kier molecular flexibility index (Phi) is 3.09. The summed E-state index contributed by atoms with van der Waals surface area (Å²) in [4.78, 5) is 0. The van der Waals surface area contributed by atoms with Crippen molar-refractivity contribution in [2.45, 2.75) is 24.7 Å². The van der Waals surface area contributed by atoms with Crippen molar-refractivity contribution in [1.29, 1.82) is 0 Å². The minimum absolute atomic E-state index is 0.336. The normalized spacial score (nSPS) is 25.2. The lowest BCUT2D eigenvalue weighted by atomic mass is 10.0. The van der Waals surface area contributed by atoms with E-state index in [1.807, 2.05) is 0 Å². The lowest BCUT2D eigenvalue weighted by Crippen LogP contribution is -2.16. The fourth-order valence-electron chi connectivity index (χ4n) is 1.95. The minimum Gasteiger partial charge on any atom is -0.392 e. The van der Waals surface area contributed by atoms with E-state index in [0.29, 0.717) is 18.5 Å². The average molecular weight is 249 g/mol. The molecule has 0 spiro atoms. The SMILES string of the molecule is OC1CNC(c2ccc(F)c(C(F)(F)F)c2)C1. The van der Waals surface area contributed by atoms with Crippen LogP contribution in [0.25, 0.3) is 0 Å². The third kappa shape index (κ3) is 2.58. The van der Waals surface area contributed by atoms with E-state index in [4.69, 9.17) is 0 Å². The lowest BCUT2D eigenvalue weighted by Gasteiger charge is -2.14. The summed E-state index contributed by atoms with van der Waals surface area (Å²) in [5.41, 5.74) is -0.923. The van der Waals surface area contributed by atoms with Crippen LogP contribution in [0.2, 0.25) is 0 Å². The molecule has 0 amide bonds. The molecule has 2 rings (SSSR count). The second-order valence-electron chi connectivity index (χ2n) is 4.09. The maximum absolute atomic E-state index is 13.0. The van der Waals surface area contributed by atoms with Gasteiger partial charge in [-0.05, 0) is 24.1 Å². The number of rotatable bonds is 1. The predicted molar refractivity (Wildman–Crippen MR) is 52.8 cm³/mol. The van der Waals surface area contributed by atoms with E-state index in [-0.39, 0.29) is 6.04 Å². The summed E-state index contributed by atoms with van der Waals surface area (Å²) in [7, 11) is 0. The van der Waals surface area contributed by atoms with Crippen molar-refractivity contribution in [1.82, 2.24) is 5.32 Å². The Morgan fingerprint density at radius 1 is 1.29 bits per heavy atom. The van der Waals surface area contributed by atoms with Crippen LogP contribution in [0.4, 0.5) is 17.6 Å². The van der Waals surface area contributed by atoms with E-state index in [1.54, 1.807) is 0 Å². The van der Waals surface area contributed by atoms with Crippen LogP contribution in [-0.2, 0) is 6.18 Å². The molecule has 1 aromatic rings. The van der Waals surface area contributed by atoms with Crippen LogP contribution in [0.5, 0.6) is 0 Å². The second-order valence-corrected chi connectivity index (χ2v) is 4.09. The summed E-state index contributed by atoms with van der Waals surface area (Å²) in [6.07, 6.45) is -4.93. The highest BCUT2D eigenvalue weighted by Crippen LogP contribution is 2.34. The average Bonchev–Trinajstić information content (AvgIpc) is 2.64. The van der Waals surface area contributed by atoms with Crippen LogP contribution in [0.3, 0.4) is 0 Å². The highest BCUT2D eigenvalue weighted by atomic mass is 19.4. The molecule has 0 aromatic heterocycles. The van der Waals surface area contributed by atoms with E-state index in [9.17, 15) is 22.7 Å². The molecule has 6 heteroatoms. The van der Waals surface area contributed by atoms with Gasteiger partial charge in [0.2, 0.25) is 0 Å². The lowest BCUT2D eigenvalue weighted by molar-refractivity contribution is -0.140. The Labute approximate surface area is 95.3 Å². The van der Waals surface area contributed by atoms with Gasteiger partial charge in [-0.2, -0.15) is 13.2 Å². The van der Waals surface area contributed by atoms with E-state index in [1.165, 1.54) is 6.07 Å². The number of benzene rings is 1. The van der Waals surface area contributed by atoms with Crippen LogP contribution >= 0.6 is 0 Å². The molecule has 1 aliphatic heterocycles.